The SMILES string of the molecule is FC(F)(F)c1cccc(-c2ccnc(Cl)c2Cl)c1. The Morgan fingerprint density at radius 3 is 2.44 bits per heavy atom. The van der Waals surface area contributed by atoms with E-state index < -0.39 is 11.7 Å². The van der Waals surface area contributed by atoms with E-state index in [1.807, 2.05) is 0 Å². The number of benzene rings is 1. The third-order valence-electron chi connectivity index (χ3n) is 2.35. The number of pyridine rings is 1. The maximum absolute atomic E-state index is 12.6. The summed E-state index contributed by atoms with van der Waals surface area (Å²) in [5, 5.41) is 0.199. The fourth-order valence-corrected chi connectivity index (χ4v) is 1.88. The van der Waals surface area contributed by atoms with E-state index in [2.05, 4.69) is 4.98 Å². The number of rotatable bonds is 1. The first-order valence-electron chi connectivity index (χ1n) is 4.87. The van der Waals surface area contributed by atoms with Gasteiger partial charge >= 0.3 is 6.18 Å². The summed E-state index contributed by atoms with van der Waals surface area (Å²) in [5.41, 5.74) is 0.0332. The van der Waals surface area contributed by atoms with Crippen molar-refractivity contribution < 1.29 is 13.2 Å². The lowest BCUT2D eigenvalue weighted by molar-refractivity contribution is -0.137. The second kappa shape index (κ2) is 4.78. The standard InChI is InChI=1S/C12H6Cl2F3N/c13-10-9(4-5-18-11(10)14)7-2-1-3-8(6-7)12(15,16)17/h1-6H. The number of halogens is 5. The van der Waals surface area contributed by atoms with Gasteiger partial charge in [-0.15, -0.1) is 0 Å². The van der Waals surface area contributed by atoms with Gasteiger partial charge < -0.3 is 0 Å². The molecule has 1 aromatic heterocycles. The molecule has 1 aromatic carbocycles. The molecule has 0 fully saturated rings. The molecule has 0 aliphatic heterocycles. The van der Waals surface area contributed by atoms with Crippen LogP contribution in [0.25, 0.3) is 11.1 Å². The molecule has 6 heteroatoms. The van der Waals surface area contributed by atoms with Crippen LogP contribution in [-0.2, 0) is 6.18 Å². The van der Waals surface area contributed by atoms with Crippen LogP contribution in [0.5, 0.6) is 0 Å². The van der Waals surface area contributed by atoms with Gasteiger partial charge in [-0.2, -0.15) is 13.2 Å². The lowest BCUT2D eigenvalue weighted by Crippen LogP contribution is -2.04. The molecule has 2 rings (SSSR count). The highest BCUT2D eigenvalue weighted by atomic mass is 35.5. The third kappa shape index (κ3) is 2.60. The van der Waals surface area contributed by atoms with Gasteiger partial charge in [-0.1, -0.05) is 35.3 Å². The van der Waals surface area contributed by atoms with Crippen LogP contribution in [0.4, 0.5) is 13.2 Å². The molecule has 0 unspecified atom stereocenters. The van der Waals surface area contributed by atoms with Gasteiger partial charge in [0.2, 0.25) is 0 Å². The van der Waals surface area contributed by atoms with Crippen LogP contribution in [0.1, 0.15) is 5.56 Å². The first kappa shape index (κ1) is 13.2. The molecule has 1 heterocycles. The van der Waals surface area contributed by atoms with E-state index in [1.165, 1.54) is 24.4 Å². The Bertz CT molecular complexity index is 582. The minimum Gasteiger partial charge on any atom is -0.243 e. The van der Waals surface area contributed by atoms with E-state index in [0.29, 0.717) is 11.1 Å². The number of aromatic nitrogens is 1. The smallest absolute Gasteiger partial charge is 0.243 e. The highest BCUT2D eigenvalue weighted by molar-refractivity contribution is 6.42. The third-order valence-corrected chi connectivity index (χ3v) is 3.11. The maximum Gasteiger partial charge on any atom is 0.416 e. The average molecular weight is 292 g/mol. The maximum atomic E-state index is 12.6. The van der Waals surface area contributed by atoms with E-state index in [1.54, 1.807) is 0 Å². The highest BCUT2D eigenvalue weighted by Gasteiger charge is 2.30. The van der Waals surface area contributed by atoms with Crippen LogP contribution in [0.3, 0.4) is 0 Å². The van der Waals surface area contributed by atoms with Crippen molar-refractivity contribution in [2.24, 2.45) is 0 Å². The molecule has 1 nitrogen and oxygen atoms in total. The molecular formula is C12H6Cl2F3N. The molecule has 0 saturated carbocycles. The first-order valence-corrected chi connectivity index (χ1v) is 5.63. The molecule has 94 valence electrons. The topological polar surface area (TPSA) is 12.9 Å². The Labute approximate surface area is 111 Å². The van der Waals surface area contributed by atoms with Crippen molar-refractivity contribution >= 4 is 23.2 Å². The Kier molecular flexibility index (Phi) is 3.50. The van der Waals surface area contributed by atoms with E-state index in [4.69, 9.17) is 23.2 Å². The van der Waals surface area contributed by atoms with Gasteiger partial charge in [-0.05, 0) is 23.8 Å². The predicted molar refractivity (Wildman–Crippen MR) is 64.7 cm³/mol. The Morgan fingerprint density at radius 2 is 1.78 bits per heavy atom. The van der Waals surface area contributed by atoms with Crippen molar-refractivity contribution in [3.63, 3.8) is 0 Å². The summed E-state index contributed by atoms with van der Waals surface area (Å²) < 4.78 is 37.8. The Balaban J connectivity index is 2.55. The predicted octanol–water partition coefficient (Wildman–Crippen LogP) is 5.07. The van der Waals surface area contributed by atoms with Gasteiger partial charge in [0.15, 0.2) is 0 Å². The number of alkyl halides is 3. The average Bonchev–Trinajstić information content (AvgIpc) is 2.32. The first-order chi connectivity index (χ1) is 8.39. The quantitative estimate of drug-likeness (QED) is 0.668. The van der Waals surface area contributed by atoms with Crippen LogP contribution in [0.2, 0.25) is 10.2 Å². The summed E-state index contributed by atoms with van der Waals surface area (Å²) >= 11 is 11.6. The summed E-state index contributed by atoms with van der Waals surface area (Å²) in [7, 11) is 0. The second-order valence-electron chi connectivity index (χ2n) is 3.54. The lowest BCUT2D eigenvalue weighted by Gasteiger charge is -2.10. The van der Waals surface area contributed by atoms with Gasteiger partial charge in [0, 0.05) is 11.8 Å². The zero-order chi connectivity index (χ0) is 13.3. The van der Waals surface area contributed by atoms with Crippen molar-refractivity contribution in [2.75, 3.05) is 0 Å². The summed E-state index contributed by atoms with van der Waals surface area (Å²) in [6.45, 7) is 0. The van der Waals surface area contributed by atoms with Gasteiger partial charge in [-0.25, -0.2) is 4.98 Å². The van der Waals surface area contributed by atoms with Gasteiger partial charge in [0.05, 0.1) is 10.6 Å². The Morgan fingerprint density at radius 1 is 1.06 bits per heavy atom. The fraction of sp³-hybridized carbons (Fsp3) is 0.0833. The summed E-state index contributed by atoms with van der Waals surface area (Å²) in [4.78, 5) is 3.75. The molecule has 0 bridgehead atoms. The fourth-order valence-electron chi connectivity index (χ4n) is 1.50. The van der Waals surface area contributed by atoms with Crippen molar-refractivity contribution in [2.45, 2.75) is 6.18 Å². The minimum absolute atomic E-state index is 0.0616. The van der Waals surface area contributed by atoms with Crippen molar-refractivity contribution in [1.29, 1.82) is 0 Å². The molecule has 0 radical (unpaired) electrons. The minimum atomic E-state index is -4.39. The van der Waals surface area contributed by atoms with Gasteiger partial charge in [0.25, 0.3) is 0 Å². The van der Waals surface area contributed by atoms with E-state index in [-0.39, 0.29) is 10.2 Å². The molecular weight excluding hydrogens is 286 g/mol. The summed E-state index contributed by atoms with van der Waals surface area (Å²) in [6.07, 6.45) is -3.00. The molecule has 0 spiro atoms. The van der Waals surface area contributed by atoms with Crippen LogP contribution in [-0.4, -0.2) is 4.98 Å². The normalized spacial score (nSPS) is 11.6. The highest BCUT2D eigenvalue weighted by Crippen LogP contribution is 2.35. The van der Waals surface area contributed by atoms with E-state index >= 15 is 0 Å². The van der Waals surface area contributed by atoms with Gasteiger partial charge in [0.1, 0.15) is 5.15 Å². The van der Waals surface area contributed by atoms with Crippen LogP contribution >= 0.6 is 23.2 Å². The zero-order valence-corrected chi connectivity index (χ0v) is 10.3. The molecule has 0 aliphatic rings. The summed E-state index contributed by atoms with van der Waals surface area (Å²) in [6, 6.07) is 6.40. The van der Waals surface area contributed by atoms with Crippen LogP contribution in [0.15, 0.2) is 36.5 Å². The number of hydrogen-bond donors (Lipinski definition) is 0. The number of hydrogen-bond acceptors (Lipinski definition) is 1. The molecule has 0 amide bonds. The zero-order valence-electron chi connectivity index (χ0n) is 8.80. The van der Waals surface area contributed by atoms with Crippen molar-refractivity contribution in [3.8, 4) is 11.1 Å². The largest absolute Gasteiger partial charge is 0.416 e. The second-order valence-corrected chi connectivity index (χ2v) is 4.28. The molecule has 0 aliphatic carbocycles. The van der Waals surface area contributed by atoms with Crippen molar-refractivity contribution in [3.05, 3.63) is 52.3 Å². The molecule has 0 N–H and O–H groups in total. The molecule has 2 aromatic rings. The van der Waals surface area contributed by atoms with Gasteiger partial charge in [-0.3, -0.25) is 0 Å². The van der Waals surface area contributed by atoms with Crippen molar-refractivity contribution in [1.82, 2.24) is 4.98 Å². The Hall–Kier alpha value is -1.26. The monoisotopic (exact) mass is 291 g/mol. The van der Waals surface area contributed by atoms with Crippen LogP contribution in [0, 0.1) is 0 Å². The van der Waals surface area contributed by atoms with E-state index in [9.17, 15) is 13.2 Å². The summed E-state index contributed by atoms with van der Waals surface area (Å²) in [5.74, 6) is 0. The molecule has 0 saturated heterocycles. The van der Waals surface area contributed by atoms with Crippen LogP contribution < -0.4 is 0 Å². The molecule has 18 heavy (non-hydrogen) atoms. The lowest BCUT2D eigenvalue weighted by atomic mass is 10.0. The van der Waals surface area contributed by atoms with E-state index in [0.717, 1.165) is 12.1 Å². The number of nitrogens with zero attached hydrogens (tertiary/aromatic N) is 1. The molecule has 0 atom stereocenters.